The number of fused-ring (bicyclic) bond motifs is 2. The van der Waals surface area contributed by atoms with Gasteiger partial charge in [0.1, 0.15) is 5.82 Å². The summed E-state index contributed by atoms with van der Waals surface area (Å²) in [6, 6.07) is 11.6. The molecule has 1 aromatic heterocycles. The van der Waals surface area contributed by atoms with Crippen molar-refractivity contribution in [1.82, 2.24) is 9.88 Å². The zero-order valence-corrected chi connectivity index (χ0v) is 17.3. The Morgan fingerprint density at radius 1 is 1.04 bits per heavy atom. The first-order chi connectivity index (χ1) is 13.7. The Bertz CT molecular complexity index is 840. The van der Waals surface area contributed by atoms with E-state index in [0.717, 1.165) is 64.0 Å². The minimum atomic E-state index is 1.02. The summed E-state index contributed by atoms with van der Waals surface area (Å²) < 4.78 is 0. The number of nitrogens with one attached hydrogen (secondary N) is 1. The number of pyridine rings is 1. The minimum Gasteiger partial charge on any atom is -0.371 e. The van der Waals surface area contributed by atoms with E-state index < -0.39 is 0 Å². The van der Waals surface area contributed by atoms with Crippen LogP contribution in [0.1, 0.15) is 60.6 Å². The van der Waals surface area contributed by atoms with Crippen LogP contribution >= 0.6 is 0 Å². The fourth-order valence-electron chi connectivity index (χ4n) is 4.47. The number of aryl methyl sites for hydroxylation is 4. The molecular weight excluding hydrogens is 342 g/mol. The zero-order chi connectivity index (χ0) is 19.3. The molecule has 148 valence electrons. The maximum absolute atomic E-state index is 4.84. The average molecular weight is 376 g/mol. The summed E-state index contributed by atoms with van der Waals surface area (Å²) in [5, 5.41) is 3.45. The molecule has 2 aliphatic heterocycles. The number of nitrogens with zero attached hydrogens (tertiary/aromatic N) is 2. The number of allylic oxidation sites excluding steroid dienone is 1. The molecule has 0 amide bonds. The first-order valence-corrected chi connectivity index (χ1v) is 11.0. The van der Waals surface area contributed by atoms with Crippen LogP contribution in [0.3, 0.4) is 0 Å². The molecule has 0 saturated heterocycles. The van der Waals surface area contributed by atoms with Gasteiger partial charge < -0.3 is 10.2 Å². The second kappa shape index (κ2) is 8.81. The molecule has 0 atom stereocenters. The molecular formula is C25H33N3. The van der Waals surface area contributed by atoms with Crippen LogP contribution in [0.5, 0.6) is 0 Å². The number of hydrogen-bond acceptors (Lipinski definition) is 3. The van der Waals surface area contributed by atoms with Crippen LogP contribution < -0.4 is 5.32 Å². The highest BCUT2D eigenvalue weighted by atomic mass is 15.1. The Morgan fingerprint density at radius 2 is 1.93 bits per heavy atom. The highest BCUT2D eigenvalue weighted by Gasteiger charge is 2.16. The number of benzene rings is 1. The van der Waals surface area contributed by atoms with E-state index in [2.05, 4.69) is 54.1 Å². The quantitative estimate of drug-likeness (QED) is 0.744. The predicted octanol–water partition coefficient (Wildman–Crippen LogP) is 5.29. The van der Waals surface area contributed by atoms with E-state index in [-0.39, 0.29) is 0 Å². The zero-order valence-electron chi connectivity index (χ0n) is 17.3. The SMILES string of the molecule is C=C1CCc2ccc(CCCc3ccc4c(n3)NCCC4)cc2CN1CCC. The molecule has 0 saturated carbocycles. The minimum absolute atomic E-state index is 1.02. The van der Waals surface area contributed by atoms with Crippen molar-refractivity contribution in [3.8, 4) is 0 Å². The van der Waals surface area contributed by atoms with Crippen molar-refractivity contribution in [3.05, 3.63) is 70.6 Å². The van der Waals surface area contributed by atoms with Gasteiger partial charge in [0.2, 0.25) is 0 Å². The summed E-state index contributed by atoms with van der Waals surface area (Å²) in [6.45, 7) is 9.75. The largest absolute Gasteiger partial charge is 0.371 e. The lowest BCUT2D eigenvalue weighted by Gasteiger charge is -2.24. The van der Waals surface area contributed by atoms with Gasteiger partial charge in [0.25, 0.3) is 0 Å². The fourth-order valence-corrected chi connectivity index (χ4v) is 4.47. The van der Waals surface area contributed by atoms with Gasteiger partial charge in [-0.15, -0.1) is 0 Å². The summed E-state index contributed by atoms with van der Waals surface area (Å²) in [5.74, 6) is 1.12. The highest BCUT2D eigenvalue weighted by molar-refractivity contribution is 5.47. The number of anilines is 1. The maximum Gasteiger partial charge on any atom is 0.129 e. The molecule has 2 aromatic rings. The van der Waals surface area contributed by atoms with E-state index in [0.29, 0.717) is 0 Å². The van der Waals surface area contributed by atoms with E-state index >= 15 is 0 Å². The molecule has 4 rings (SSSR count). The van der Waals surface area contributed by atoms with Crippen LogP contribution in [0.4, 0.5) is 5.82 Å². The maximum atomic E-state index is 4.84. The molecule has 3 nitrogen and oxygen atoms in total. The Kier molecular flexibility index (Phi) is 5.99. The standard InChI is InChI=1S/C25H33N3/c1-3-16-28-18-23-17-20(10-12-21(23)11-9-19(28)2)6-4-8-24-14-13-22-7-5-15-26-25(22)27-24/h10,12-14,17H,2-9,11,15-16,18H2,1H3,(H,26,27). The third-order valence-electron chi connectivity index (χ3n) is 6.11. The van der Waals surface area contributed by atoms with Crippen molar-refractivity contribution in [2.45, 2.75) is 64.8 Å². The molecule has 0 unspecified atom stereocenters. The Morgan fingerprint density at radius 3 is 2.82 bits per heavy atom. The van der Waals surface area contributed by atoms with Crippen LogP contribution in [-0.4, -0.2) is 23.0 Å². The monoisotopic (exact) mass is 375 g/mol. The fraction of sp³-hybridized carbons (Fsp3) is 0.480. The molecule has 0 spiro atoms. The Hall–Kier alpha value is -2.29. The van der Waals surface area contributed by atoms with Crippen molar-refractivity contribution >= 4 is 5.82 Å². The van der Waals surface area contributed by atoms with Crippen molar-refractivity contribution in [2.75, 3.05) is 18.4 Å². The van der Waals surface area contributed by atoms with Gasteiger partial charge >= 0.3 is 0 Å². The first kappa shape index (κ1) is 19.0. The Balaban J connectivity index is 1.38. The summed E-state index contributed by atoms with van der Waals surface area (Å²) >= 11 is 0. The van der Waals surface area contributed by atoms with Crippen LogP contribution in [0.25, 0.3) is 0 Å². The third kappa shape index (κ3) is 4.40. The molecule has 3 heteroatoms. The van der Waals surface area contributed by atoms with Gasteiger partial charge in [0, 0.05) is 31.0 Å². The topological polar surface area (TPSA) is 28.2 Å². The third-order valence-corrected chi connectivity index (χ3v) is 6.11. The van der Waals surface area contributed by atoms with Crippen molar-refractivity contribution in [2.24, 2.45) is 0 Å². The van der Waals surface area contributed by atoms with Gasteiger partial charge in [-0.05, 0) is 79.7 Å². The number of aromatic nitrogens is 1. The summed E-state index contributed by atoms with van der Waals surface area (Å²) in [4.78, 5) is 7.31. The van der Waals surface area contributed by atoms with E-state index in [9.17, 15) is 0 Å². The molecule has 0 aliphatic carbocycles. The van der Waals surface area contributed by atoms with Gasteiger partial charge in [-0.2, -0.15) is 0 Å². The summed E-state index contributed by atoms with van der Waals surface area (Å²) in [5.41, 5.74) is 8.35. The second-order valence-electron chi connectivity index (χ2n) is 8.29. The van der Waals surface area contributed by atoms with Crippen LogP contribution in [0.15, 0.2) is 42.6 Å². The van der Waals surface area contributed by atoms with Crippen LogP contribution in [0.2, 0.25) is 0 Å². The van der Waals surface area contributed by atoms with Crippen LogP contribution in [0, 0.1) is 0 Å². The molecule has 0 radical (unpaired) electrons. The van der Waals surface area contributed by atoms with Gasteiger partial charge in [-0.1, -0.05) is 37.8 Å². The van der Waals surface area contributed by atoms with Gasteiger partial charge in [-0.25, -0.2) is 4.98 Å². The molecule has 1 N–H and O–H groups in total. The normalized spacial score (nSPS) is 16.2. The number of rotatable bonds is 6. The lowest BCUT2D eigenvalue weighted by atomic mass is 9.98. The van der Waals surface area contributed by atoms with Crippen LogP contribution in [-0.2, 0) is 32.2 Å². The average Bonchev–Trinajstić information content (AvgIpc) is 2.87. The molecule has 1 aromatic carbocycles. The van der Waals surface area contributed by atoms with E-state index in [1.165, 1.54) is 46.5 Å². The molecule has 0 fully saturated rings. The molecule has 28 heavy (non-hydrogen) atoms. The van der Waals surface area contributed by atoms with E-state index in [1.807, 2.05) is 0 Å². The predicted molar refractivity (Wildman–Crippen MR) is 118 cm³/mol. The van der Waals surface area contributed by atoms with E-state index in [4.69, 9.17) is 4.98 Å². The van der Waals surface area contributed by atoms with E-state index in [1.54, 1.807) is 0 Å². The molecule has 0 bridgehead atoms. The molecule has 2 aliphatic rings. The highest BCUT2D eigenvalue weighted by Crippen LogP contribution is 2.26. The summed E-state index contributed by atoms with van der Waals surface area (Å²) in [6.07, 6.45) is 9.08. The molecule has 3 heterocycles. The van der Waals surface area contributed by atoms with Crippen molar-refractivity contribution in [3.63, 3.8) is 0 Å². The van der Waals surface area contributed by atoms with Crippen molar-refractivity contribution in [1.29, 1.82) is 0 Å². The second-order valence-corrected chi connectivity index (χ2v) is 8.29. The van der Waals surface area contributed by atoms with Crippen molar-refractivity contribution < 1.29 is 0 Å². The smallest absolute Gasteiger partial charge is 0.129 e. The lowest BCUT2D eigenvalue weighted by Crippen LogP contribution is -2.21. The van der Waals surface area contributed by atoms with Gasteiger partial charge in [-0.3, -0.25) is 0 Å². The summed E-state index contributed by atoms with van der Waals surface area (Å²) in [7, 11) is 0. The number of hydrogen-bond donors (Lipinski definition) is 1. The van der Waals surface area contributed by atoms with Gasteiger partial charge in [0.05, 0.1) is 0 Å². The first-order valence-electron chi connectivity index (χ1n) is 11.0. The van der Waals surface area contributed by atoms with Gasteiger partial charge in [0.15, 0.2) is 0 Å². The lowest BCUT2D eigenvalue weighted by molar-refractivity contribution is 0.333. The Labute approximate surface area is 169 Å².